The number of likely N-dealkylation sites (N-methyl/N-ethyl adjacent to an activating group) is 1. The highest BCUT2D eigenvalue weighted by molar-refractivity contribution is 9.10. The molecule has 0 radical (unpaired) electrons. The fourth-order valence-corrected chi connectivity index (χ4v) is 2.00. The minimum Gasteiger partial charge on any atom is -0.480 e. The van der Waals surface area contributed by atoms with Crippen LogP contribution >= 0.6 is 15.9 Å². The molecule has 0 aliphatic carbocycles. The normalized spacial score (nSPS) is 14.6. The molecule has 5 nitrogen and oxygen atoms in total. The molecule has 0 aromatic carbocycles. The van der Waals surface area contributed by atoms with Gasteiger partial charge in [-0.1, -0.05) is 6.92 Å². The molecule has 1 aromatic rings. The first-order chi connectivity index (χ1) is 7.81. The van der Waals surface area contributed by atoms with Crippen LogP contribution in [0.1, 0.15) is 25.2 Å². The highest BCUT2D eigenvalue weighted by atomic mass is 79.9. The molecule has 1 atom stereocenters. The van der Waals surface area contributed by atoms with Crippen molar-refractivity contribution in [1.82, 2.24) is 15.1 Å². The predicted molar refractivity (Wildman–Crippen MR) is 69.1 cm³/mol. The van der Waals surface area contributed by atoms with Crippen LogP contribution in [-0.4, -0.2) is 32.9 Å². The zero-order valence-electron chi connectivity index (χ0n) is 10.5. The van der Waals surface area contributed by atoms with Crippen LogP contribution in [0, 0.1) is 13.8 Å². The molecule has 6 heteroatoms. The molecule has 2 N–H and O–H groups in total. The summed E-state index contributed by atoms with van der Waals surface area (Å²) >= 11 is 3.43. The molecule has 0 amide bonds. The predicted octanol–water partition coefficient (Wildman–Crippen LogP) is 1.72. The molecule has 0 aliphatic rings. The number of aryl methyl sites for hydroxylation is 1. The Morgan fingerprint density at radius 1 is 1.59 bits per heavy atom. The molecular formula is C11H18BrN3O2. The van der Waals surface area contributed by atoms with E-state index in [9.17, 15) is 9.90 Å². The van der Waals surface area contributed by atoms with Crippen LogP contribution in [0.15, 0.2) is 4.47 Å². The maximum absolute atomic E-state index is 11.3. The fraction of sp³-hybridized carbons (Fsp3) is 0.636. The van der Waals surface area contributed by atoms with Gasteiger partial charge in [-0.25, -0.2) is 0 Å². The highest BCUT2D eigenvalue weighted by Gasteiger charge is 2.33. The Hall–Kier alpha value is -0.880. The molecule has 0 spiro atoms. The first-order valence-electron chi connectivity index (χ1n) is 5.49. The van der Waals surface area contributed by atoms with E-state index in [0.717, 1.165) is 15.9 Å². The SMILES string of the molecule is CCNC(C)(Cn1nc(C)c(Br)c1C)C(=O)O. The summed E-state index contributed by atoms with van der Waals surface area (Å²) in [5.74, 6) is -0.872. The minimum absolute atomic E-state index is 0.300. The smallest absolute Gasteiger partial charge is 0.325 e. The van der Waals surface area contributed by atoms with Crippen LogP contribution in [0.2, 0.25) is 0 Å². The van der Waals surface area contributed by atoms with Gasteiger partial charge in [0.25, 0.3) is 0 Å². The number of halogens is 1. The number of nitrogens with one attached hydrogen (secondary N) is 1. The molecule has 0 fully saturated rings. The van der Waals surface area contributed by atoms with E-state index in [-0.39, 0.29) is 0 Å². The Morgan fingerprint density at radius 2 is 2.18 bits per heavy atom. The van der Waals surface area contributed by atoms with Gasteiger partial charge in [0.1, 0.15) is 5.54 Å². The fourth-order valence-electron chi connectivity index (χ4n) is 1.72. The molecule has 0 bridgehead atoms. The lowest BCUT2D eigenvalue weighted by atomic mass is 10.0. The second-order valence-electron chi connectivity index (χ2n) is 4.31. The summed E-state index contributed by atoms with van der Waals surface area (Å²) in [7, 11) is 0. The summed E-state index contributed by atoms with van der Waals surface area (Å²) in [4.78, 5) is 11.3. The van der Waals surface area contributed by atoms with Crippen molar-refractivity contribution in [3.63, 3.8) is 0 Å². The first-order valence-corrected chi connectivity index (χ1v) is 6.29. The maximum atomic E-state index is 11.3. The van der Waals surface area contributed by atoms with Crippen molar-refractivity contribution in [3.05, 3.63) is 15.9 Å². The summed E-state index contributed by atoms with van der Waals surface area (Å²) in [5.41, 5.74) is 0.803. The lowest BCUT2D eigenvalue weighted by molar-refractivity contribution is -0.144. The number of carboxylic acids is 1. The van der Waals surface area contributed by atoms with E-state index in [1.165, 1.54) is 0 Å². The second kappa shape index (κ2) is 5.18. The van der Waals surface area contributed by atoms with Gasteiger partial charge >= 0.3 is 5.97 Å². The molecule has 0 aliphatic heterocycles. The van der Waals surface area contributed by atoms with Gasteiger partial charge in [-0.15, -0.1) is 0 Å². The number of aromatic nitrogens is 2. The summed E-state index contributed by atoms with van der Waals surface area (Å²) < 4.78 is 2.65. The number of nitrogens with zero attached hydrogens (tertiary/aromatic N) is 2. The summed E-state index contributed by atoms with van der Waals surface area (Å²) in [6.45, 7) is 8.26. The lowest BCUT2D eigenvalue weighted by Crippen LogP contribution is -2.52. The van der Waals surface area contributed by atoms with E-state index in [2.05, 4.69) is 26.3 Å². The van der Waals surface area contributed by atoms with Crippen molar-refractivity contribution in [2.45, 2.75) is 39.8 Å². The third-order valence-corrected chi connectivity index (χ3v) is 3.95. The molecule has 17 heavy (non-hydrogen) atoms. The zero-order valence-corrected chi connectivity index (χ0v) is 12.1. The number of carbonyl (C=O) groups is 1. The van der Waals surface area contributed by atoms with Crippen molar-refractivity contribution in [2.75, 3.05) is 6.54 Å². The lowest BCUT2D eigenvalue weighted by Gasteiger charge is -2.26. The summed E-state index contributed by atoms with van der Waals surface area (Å²) in [6, 6.07) is 0. The van der Waals surface area contributed by atoms with Gasteiger partial charge in [-0.05, 0) is 43.2 Å². The number of aliphatic carboxylic acids is 1. The topological polar surface area (TPSA) is 67.2 Å². The van der Waals surface area contributed by atoms with Crippen molar-refractivity contribution in [1.29, 1.82) is 0 Å². The number of rotatable bonds is 5. The van der Waals surface area contributed by atoms with Gasteiger partial charge in [0.05, 0.1) is 16.7 Å². The maximum Gasteiger partial charge on any atom is 0.325 e. The van der Waals surface area contributed by atoms with Crippen LogP contribution in [0.25, 0.3) is 0 Å². The largest absolute Gasteiger partial charge is 0.480 e. The first kappa shape index (κ1) is 14.2. The number of hydrogen-bond acceptors (Lipinski definition) is 3. The third kappa shape index (κ3) is 2.87. The molecule has 1 rings (SSSR count). The molecule has 96 valence electrons. The van der Waals surface area contributed by atoms with Crippen molar-refractivity contribution in [2.24, 2.45) is 0 Å². The number of hydrogen-bond donors (Lipinski definition) is 2. The Balaban J connectivity index is 3.02. The van der Waals surface area contributed by atoms with E-state index >= 15 is 0 Å². The van der Waals surface area contributed by atoms with Crippen LogP contribution in [0.5, 0.6) is 0 Å². The van der Waals surface area contributed by atoms with Gasteiger partial charge in [-0.3, -0.25) is 9.48 Å². The standard InChI is InChI=1S/C11H18BrN3O2/c1-5-13-11(4,10(16)17)6-15-8(3)9(12)7(2)14-15/h13H,5-6H2,1-4H3,(H,16,17). The number of carboxylic acid groups (broad SMARTS) is 1. The van der Waals surface area contributed by atoms with Gasteiger partial charge in [0.15, 0.2) is 0 Å². The zero-order chi connectivity index (χ0) is 13.2. The summed E-state index contributed by atoms with van der Waals surface area (Å²) in [5, 5.41) is 16.6. The second-order valence-corrected chi connectivity index (χ2v) is 5.10. The van der Waals surface area contributed by atoms with E-state index in [0.29, 0.717) is 13.1 Å². The molecule has 0 saturated carbocycles. The molecular weight excluding hydrogens is 286 g/mol. The van der Waals surface area contributed by atoms with E-state index < -0.39 is 11.5 Å². The van der Waals surface area contributed by atoms with Gasteiger partial charge < -0.3 is 10.4 Å². The van der Waals surface area contributed by atoms with Crippen molar-refractivity contribution >= 4 is 21.9 Å². The average molecular weight is 304 g/mol. The van der Waals surface area contributed by atoms with Crippen molar-refractivity contribution in [3.8, 4) is 0 Å². The average Bonchev–Trinajstić information content (AvgIpc) is 2.46. The Kier molecular flexibility index (Phi) is 4.32. The molecule has 0 saturated heterocycles. The van der Waals surface area contributed by atoms with E-state index in [1.807, 2.05) is 20.8 Å². The third-order valence-electron chi connectivity index (χ3n) is 2.80. The van der Waals surface area contributed by atoms with Gasteiger partial charge in [0.2, 0.25) is 0 Å². The quantitative estimate of drug-likeness (QED) is 0.869. The Bertz CT molecular complexity index is 431. The Labute approximate surface area is 109 Å². The Morgan fingerprint density at radius 3 is 2.53 bits per heavy atom. The molecule has 1 heterocycles. The van der Waals surface area contributed by atoms with Crippen LogP contribution < -0.4 is 5.32 Å². The van der Waals surface area contributed by atoms with Gasteiger partial charge in [-0.2, -0.15) is 5.10 Å². The summed E-state index contributed by atoms with van der Waals surface area (Å²) in [6.07, 6.45) is 0. The van der Waals surface area contributed by atoms with Crippen LogP contribution in [0.4, 0.5) is 0 Å². The minimum atomic E-state index is -1.00. The molecule has 1 aromatic heterocycles. The van der Waals surface area contributed by atoms with Crippen LogP contribution in [0.3, 0.4) is 0 Å². The van der Waals surface area contributed by atoms with Crippen LogP contribution in [-0.2, 0) is 11.3 Å². The van der Waals surface area contributed by atoms with Crippen molar-refractivity contribution < 1.29 is 9.90 Å². The van der Waals surface area contributed by atoms with Gasteiger partial charge in [0, 0.05) is 5.69 Å². The van der Waals surface area contributed by atoms with E-state index in [4.69, 9.17) is 0 Å². The highest BCUT2D eigenvalue weighted by Crippen LogP contribution is 2.21. The monoisotopic (exact) mass is 303 g/mol. The van der Waals surface area contributed by atoms with E-state index in [1.54, 1.807) is 11.6 Å². The molecule has 1 unspecified atom stereocenters.